The number of nitrogens with zero attached hydrogens (tertiary/aromatic N) is 1. The van der Waals surface area contributed by atoms with Gasteiger partial charge in [0.1, 0.15) is 0 Å². The molecule has 0 radical (unpaired) electrons. The summed E-state index contributed by atoms with van der Waals surface area (Å²) in [7, 11) is 0. The summed E-state index contributed by atoms with van der Waals surface area (Å²) in [4.78, 5) is 14.6. The van der Waals surface area contributed by atoms with Crippen LogP contribution < -0.4 is 11.1 Å². The number of fused-ring (bicyclic) bond motifs is 1. The Bertz CT molecular complexity index is 443. The summed E-state index contributed by atoms with van der Waals surface area (Å²) in [6.45, 7) is 2.32. The van der Waals surface area contributed by atoms with E-state index in [9.17, 15) is 4.79 Å². The smallest absolute Gasteiger partial charge is 0.251 e. The molecule has 3 rings (SSSR count). The van der Waals surface area contributed by atoms with E-state index in [1.54, 1.807) is 24.3 Å². The van der Waals surface area contributed by atoms with Gasteiger partial charge in [0.25, 0.3) is 5.91 Å². The lowest BCUT2D eigenvalue weighted by molar-refractivity contribution is 0.0929. The fourth-order valence-electron chi connectivity index (χ4n) is 3.14. The van der Waals surface area contributed by atoms with Crippen molar-refractivity contribution in [3.05, 3.63) is 29.8 Å². The van der Waals surface area contributed by atoms with E-state index in [1.807, 2.05) is 0 Å². The standard InChI is InChI=1S/C14H19N3O/c15-11-5-3-10(4-6-11)14(18)16-12-7-9-17-8-1-2-13(12)17/h3-6,12-13H,1-2,7-9,15H2,(H,16,18). The molecule has 96 valence electrons. The molecule has 0 bridgehead atoms. The van der Waals surface area contributed by atoms with Crippen LogP contribution in [0.15, 0.2) is 24.3 Å². The largest absolute Gasteiger partial charge is 0.399 e. The van der Waals surface area contributed by atoms with Crippen molar-refractivity contribution in [2.24, 2.45) is 0 Å². The third-order valence-corrected chi connectivity index (χ3v) is 4.10. The number of anilines is 1. The van der Waals surface area contributed by atoms with Gasteiger partial charge in [-0.15, -0.1) is 0 Å². The highest BCUT2D eigenvalue weighted by atomic mass is 16.1. The zero-order chi connectivity index (χ0) is 12.5. The van der Waals surface area contributed by atoms with Crippen LogP contribution in [0.2, 0.25) is 0 Å². The molecular weight excluding hydrogens is 226 g/mol. The van der Waals surface area contributed by atoms with E-state index in [-0.39, 0.29) is 5.91 Å². The first-order valence-electron chi connectivity index (χ1n) is 6.64. The van der Waals surface area contributed by atoms with Gasteiger partial charge in [-0.2, -0.15) is 0 Å². The molecule has 2 saturated heterocycles. The van der Waals surface area contributed by atoms with E-state index >= 15 is 0 Å². The molecule has 2 aliphatic rings. The molecule has 0 saturated carbocycles. The van der Waals surface area contributed by atoms with Crippen LogP contribution in [0.3, 0.4) is 0 Å². The van der Waals surface area contributed by atoms with Crippen molar-refractivity contribution in [2.45, 2.75) is 31.3 Å². The summed E-state index contributed by atoms with van der Waals surface area (Å²) in [5, 5.41) is 3.16. The van der Waals surface area contributed by atoms with Gasteiger partial charge in [0.15, 0.2) is 0 Å². The van der Waals surface area contributed by atoms with Crippen LogP contribution in [0.25, 0.3) is 0 Å². The Kier molecular flexibility index (Phi) is 2.96. The second-order valence-corrected chi connectivity index (χ2v) is 5.24. The third kappa shape index (κ3) is 2.08. The second kappa shape index (κ2) is 4.61. The molecule has 1 aromatic carbocycles. The van der Waals surface area contributed by atoms with Crippen molar-refractivity contribution < 1.29 is 4.79 Å². The summed E-state index contributed by atoms with van der Waals surface area (Å²) in [5.74, 6) is 0.0220. The number of nitrogens with one attached hydrogen (secondary N) is 1. The van der Waals surface area contributed by atoms with Gasteiger partial charge in [0.2, 0.25) is 0 Å². The molecule has 2 heterocycles. The average Bonchev–Trinajstić information content (AvgIpc) is 2.95. The maximum absolute atomic E-state index is 12.1. The van der Waals surface area contributed by atoms with Crippen LogP contribution in [-0.4, -0.2) is 36.0 Å². The van der Waals surface area contributed by atoms with Gasteiger partial charge in [-0.1, -0.05) is 0 Å². The first-order valence-corrected chi connectivity index (χ1v) is 6.64. The van der Waals surface area contributed by atoms with E-state index in [1.165, 1.54) is 19.4 Å². The molecule has 3 N–H and O–H groups in total. The number of nitrogen functional groups attached to an aromatic ring is 1. The molecule has 18 heavy (non-hydrogen) atoms. The average molecular weight is 245 g/mol. The Morgan fingerprint density at radius 2 is 2.00 bits per heavy atom. The zero-order valence-corrected chi connectivity index (χ0v) is 10.4. The van der Waals surface area contributed by atoms with Gasteiger partial charge in [-0.3, -0.25) is 9.69 Å². The minimum Gasteiger partial charge on any atom is -0.399 e. The van der Waals surface area contributed by atoms with E-state index < -0.39 is 0 Å². The van der Waals surface area contributed by atoms with Crippen molar-refractivity contribution in [1.29, 1.82) is 0 Å². The van der Waals surface area contributed by atoms with E-state index in [4.69, 9.17) is 5.73 Å². The summed E-state index contributed by atoms with van der Waals surface area (Å²) in [6, 6.07) is 7.98. The monoisotopic (exact) mass is 245 g/mol. The first-order chi connectivity index (χ1) is 8.74. The Morgan fingerprint density at radius 1 is 1.22 bits per heavy atom. The molecule has 2 atom stereocenters. The van der Waals surface area contributed by atoms with Crippen LogP contribution in [0.4, 0.5) is 5.69 Å². The van der Waals surface area contributed by atoms with Crippen LogP contribution in [0.5, 0.6) is 0 Å². The van der Waals surface area contributed by atoms with Crippen LogP contribution in [0, 0.1) is 0 Å². The minimum atomic E-state index is 0.0220. The van der Waals surface area contributed by atoms with E-state index in [0.717, 1.165) is 13.0 Å². The van der Waals surface area contributed by atoms with Crippen LogP contribution in [0.1, 0.15) is 29.6 Å². The van der Waals surface area contributed by atoms with Gasteiger partial charge < -0.3 is 11.1 Å². The number of hydrogen-bond acceptors (Lipinski definition) is 3. The summed E-state index contributed by atoms with van der Waals surface area (Å²) in [5.41, 5.74) is 7.01. The summed E-state index contributed by atoms with van der Waals surface area (Å²) < 4.78 is 0. The molecular formula is C14H19N3O. The normalized spacial score (nSPS) is 27.1. The number of hydrogen-bond donors (Lipinski definition) is 2. The Morgan fingerprint density at radius 3 is 2.78 bits per heavy atom. The Hall–Kier alpha value is -1.55. The Labute approximate surface area is 107 Å². The highest BCUT2D eigenvalue weighted by Crippen LogP contribution is 2.28. The fourth-order valence-corrected chi connectivity index (χ4v) is 3.14. The summed E-state index contributed by atoms with van der Waals surface area (Å²) >= 11 is 0. The van der Waals surface area contributed by atoms with Crippen molar-refractivity contribution in [1.82, 2.24) is 10.2 Å². The number of carbonyl (C=O) groups is 1. The summed E-state index contributed by atoms with van der Waals surface area (Å²) in [6.07, 6.45) is 3.55. The van der Waals surface area contributed by atoms with Gasteiger partial charge in [-0.25, -0.2) is 0 Å². The minimum absolute atomic E-state index is 0.0220. The van der Waals surface area contributed by atoms with Crippen molar-refractivity contribution in [3.63, 3.8) is 0 Å². The molecule has 4 nitrogen and oxygen atoms in total. The molecule has 4 heteroatoms. The van der Waals surface area contributed by atoms with Crippen LogP contribution >= 0.6 is 0 Å². The van der Waals surface area contributed by atoms with Crippen molar-refractivity contribution in [3.8, 4) is 0 Å². The molecule has 2 aliphatic heterocycles. The van der Waals surface area contributed by atoms with E-state index in [2.05, 4.69) is 10.2 Å². The SMILES string of the molecule is Nc1ccc(C(=O)NC2CCN3CCCC23)cc1. The van der Waals surface area contributed by atoms with Gasteiger partial charge in [0, 0.05) is 29.9 Å². The lowest BCUT2D eigenvalue weighted by Crippen LogP contribution is -2.42. The number of amides is 1. The Balaban J connectivity index is 1.66. The van der Waals surface area contributed by atoms with Gasteiger partial charge in [-0.05, 0) is 50.1 Å². The van der Waals surface area contributed by atoms with Crippen LogP contribution in [-0.2, 0) is 0 Å². The molecule has 1 amide bonds. The molecule has 2 unspecified atom stereocenters. The highest BCUT2D eigenvalue weighted by molar-refractivity contribution is 5.94. The second-order valence-electron chi connectivity index (χ2n) is 5.24. The zero-order valence-electron chi connectivity index (χ0n) is 10.4. The maximum atomic E-state index is 12.1. The fraction of sp³-hybridized carbons (Fsp3) is 0.500. The topological polar surface area (TPSA) is 58.4 Å². The van der Waals surface area contributed by atoms with Crippen molar-refractivity contribution >= 4 is 11.6 Å². The number of nitrogens with two attached hydrogens (primary N) is 1. The number of carbonyl (C=O) groups excluding carboxylic acids is 1. The third-order valence-electron chi connectivity index (χ3n) is 4.10. The van der Waals surface area contributed by atoms with Crippen molar-refractivity contribution in [2.75, 3.05) is 18.8 Å². The van der Waals surface area contributed by atoms with Gasteiger partial charge in [0.05, 0.1) is 0 Å². The molecule has 0 aliphatic carbocycles. The predicted molar refractivity (Wildman–Crippen MR) is 71.3 cm³/mol. The lowest BCUT2D eigenvalue weighted by atomic mass is 10.1. The lowest BCUT2D eigenvalue weighted by Gasteiger charge is -2.21. The molecule has 0 aromatic heterocycles. The molecule has 2 fully saturated rings. The van der Waals surface area contributed by atoms with Gasteiger partial charge >= 0.3 is 0 Å². The molecule has 0 spiro atoms. The molecule has 1 aromatic rings. The highest BCUT2D eigenvalue weighted by Gasteiger charge is 2.37. The number of rotatable bonds is 2. The van der Waals surface area contributed by atoms with E-state index in [0.29, 0.717) is 23.3 Å². The first kappa shape index (κ1) is 11.5. The quantitative estimate of drug-likeness (QED) is 0.771. The number of benzene rings is 1. The maximum Gasteiger partial charge on any atom is 0.251 e. The predicted octanol–water partition coefficient (Wildman–Crippen LogP) is 1.24.